The van der Waals surface area contributed by atoms with Crippen LogP contribution in [0, 0.1) is 6.92 Å². The third-order valence-electron chi connectivity index (χ3n) is 5.43. The Morgan fingerprint density at radius 1 is 1.19 bits per heavy atom. The first-order valence-corrected chi connectivity index (χ1v) is 11.4. The maximum atomic E-state index is 14.3. The highest BCUT2D eigenvalue weighted by Gasteiger charge is 2.19. The SMILES string of the molecule is Cc1c(Cc2ccc(S(=O)(=O)N(C)C)cc2)c2cc(C(=O)O)ccc2n1CC(F)=CCN. The van der Waals surface area contributed by atoms with Gasteiger partial charge in [-0.3, -0.25) is 0 Å². The van der Waals surface area contributed by atoms with Crippen molar-refractivity contribution >= 4 is 26.9 Å². The van der Waals surface area contributed by atoms with Crippen LogP contribution in [0.1, 0.15) is 27.2 Å². The molecule has 0 spiro atoms. The van der Waals surface area contributed by atoms with Gasteiger partial charge in [-0.1, -0.05) is 12.1 Å². The highest BCUT2D eigenvalue weighted by Crippen LogP contribution is 2.30. The lowest BCUT2D eigenvalue weighted by atomic mass is 10.0. The lowest BCUT2D eigenvalue weighted by molar-refractivity contribution is 0.0697. The fraction of sp³-hybridized carbons (Fsp3) is 0.261. The number of carbonyl (C=O) groups is 1. The van der Waals surface area contributed by atoms with Crippen LogP contribution in [0.2, 0.25) is 0 Å². The molecule has 0 fully saturated rings. The van der Waals surface area contributed by atoms with Crippen LogP contribution < -0.4 is 5.73 Å². The summed E-state index contributed by atoms with van der Waals surface area (Å²) in [6.07, 6.45) is 1.74. The Morgan fingerprint density at radius 3 is 2.41 bits per heavy atom. The summed E-state index contributed by atoms with van der Waals surface area (Å²) in [4.78, 5) is 11.7. The van der Waals surface area contributed by atoms with Gasteiger partial charge in [0.2, 0.25) is 10.0 Å². The predicted octanol–water partition coefficient (Wildman–Crippen LogP) is 3.30. The van der Waals surface area contributed by atoms with Crippen molar-refractivity contribution in [3.05, 3.63) is 76.8 Å². The molecule has 0 aliphatic heterocycles. The smallest absolute Gasteiger partial charge is 0.335 e. The van der Waals surface area contributed by atoms with Crippen molar-refractivity contribution in [2.45, 2.75) is 24.8 Å². The van der Waals surface area contributed by atoms with E-state index in [1.807, 2.05) is 6.92 Å². The zero-order valence-corrected chi connectivity index (χ0v) is 19.0. The summed E-state index contributed by atoms with van der Waals surface area (Å²) in [7, 11) is -0.590. The molecule has 0 radical (unpaired) electrons. The number of benzene rings is 2. The molecule has 0 atom stereocenters. The number of carboxylic acid groups (broad SMARTS) is 1. The molecule has 3 N–H and O–H groups in total. The molecular weight excluding hydrogens is 433 g/mol. The van der Waals surface area contributed by atoms with Gasteiger partial charge in [-0.15, -0.1) is 0 Å². The molecule has 0 saturated carbocycles. The van der Waals surface area contributed by atoms with E-state index in [0.29, 0.717) is 11.8 Å². The maximum absolute atomic E-state index is 14.3. The zero-order valence-electron chi connectivity index (χ0n) is 18.2. The Hall–Kier alpha value is -3.01. The number of hydrogen-bond acceptors (Lipinski definition) is 4. The number of allylic oxidation sites excluding steroid dienone is 1. The van der Waals surface area contributed by atoms with E-state index in [-0.39, 0.29) is 29.4 Å². The predicted molar refractivity (Wildman–Crippen MR) is 122 cm³/mol. The van der Waals surface area contributed by atoms with Crippen molar-refractivity contribution in [1.29, 1.82) is 0 Å². The van der Waals surface area contributed by atoms with E-state index in [4.69, 9.17) is 5.73 Å². The van der Waals surface area contributed by atoms with Crippen LogP contribution in [0.15, 0.2) is 59.3 Å². The second-order valence-corrected chi connectivity index (χ2v) is 9.83. The standard InChI is InChI=1S/C23H26FN3O4S/c1-15-20(12-16-4-7-19(8-5-16)32(30,31)26(2)3)21-13-17(23(28)29)6-9-22(21)27(15)14-18(24)10-11-25/h4-10,13H,11-12,14,25H2,1-3H3,(H,28,29). The lowest BCUT2D eigenvalue weighted by Gasteiger charge is -2.12. The van der Waals surface area contributed by atoms with Gasteiger partial charge >= 0.3 is 5.97 Å². The molecule has 0 bridgehead atoms. The van der Waals surface area contributed by atoms with Gasteiger partial charge in [-0.05, 0) is 60.9 Å². The fourth-order valence-electron chi connectivity index (χ4n) is 3.65. The zero-order chi connectivity index (χ0) is 23.6. The number of sulfonamides is 1. The first-order valence-electron chi connectivity index (χ1n) is 9.97. The molecule has 2 aromatic carbocycles. The van der Waals surface area contributed by atoms with Crippen molar-refractivity contribution in [3.8, 4) is 0 Å². The first kappa shape index (κ1) is 23.6. The number of hydrogen-bond donors (Lipinski definition) is 2. The number of fused-ring (bicyclic) bond motifs is 1. The highest BCUT2D eigenvalue weighted by atomic mass is 32.2. The van der Waals surface area contributed by atoms with Gasteiger partial charge in [0.25, 0.3) is 0 Å². The summed E-state index contributed by atoms with van der Waals surface area (Å²) in [6, 6.07) is 11.3. The molecule has 32 heavy (non-hydrogen) atoms. The van der Waals surface area contributed by atoms with Gasteiger partial charge in [0.05, 0.1) is 17.0 Å². The van der Waals surface area contributed by atoms with E-state index in [0.717, 1.165) is 26.6 Å². The number of aromatic carboxylic acids is 1. The quantitative estimate of drug-likeness (QED) is 0.538. The van der Waals surface area contributed by atoms with Crippen molar-refractivity contribution in [1.82, 2.24) is 8.87 Å². The number of carboxylic acids is 1. The van der Waals surface area contributed by atoms with Gasteiger partial charge in [0, 0.05) is 37.2 Å². The summed E-state index contributed by atoms with van der Waals surface area (Å²) in [6.45, 7) is 1.94. The van der Waals surface area contributed by atoms with Crippen LogP contribution in [-0.4, -0.2) is 49.0 Å². The minimum absolute atomic E-state index is 0.00797. The minimum Gasteiger partial charge on any atom is -0.478 e. The molecule has 1 heterocycles. The molecule has 0 amide bonds. The summed E-state index contributed by atoms with van der Waals surface area (Å²) >= 11 is 0. The van der Waals surface area contributed by atoms with Gasteiger partial charge in [0.15, 0.2) is 0 Å². The Kier molecular flexibility index (Phi) is 6.82. The van der Waals surface area contributed by atoms with E-state index >= 15 is 0 Å². The van der Waals surface area contributed by atoms with E-state index in [9.17, 15) is 22.7 Å². The van der Waals surface area contributed by atoms with E-state index in [1.165, 1.54) is 26.2 Å². The Morgan fingerprint density at radius 2 is 1.84 bits per heavy atom. The summed E-state index contributed by atoms with van der Waals surface area (Å²) in [5, 5.41) is 10.1. The van der Waals surface area contributed by atoms with Crippen LogP contribution in [0.25, 0.3) is 10.9 Å². The number of nitrogens with zero attached hydrogens (tertiary/aromatic N) is 2. The number of aromatic nitrogens is 1. The molecule has 0 aliphatic rings. The Bertz CT molecular complexity index is 1290. The Balaban J connectivity index is 2.09. The molecule has 7 nitrogen and oxygen atoms in total. The molecule has 0 aliphatic carbocycles. The van der Waals surface area contributed by atoms with E-state index in [2.05, 4.69) is 0 Å². The van der Waals surface area contributed by atoms with Crippen molar-refractivity contribution < 1.29 is 22.7 Å². The van der Waals surface area contributed by atoms with Gasteiger partial charge in [-0.2, -0.15) is 0 Å². The second kappa shape index (κ2) is 9.23. The van der Waals surface area contributed by atoms with Crippen LogP contribution in [0.5, 0.6) is 0 Å². The number of halogens is 1. The molecule has 1 aromatic heterocycles. The van der Waals surface area contributed by atoms with Gasteiger partial charge < -0.3 is 15.4 Å². The number of nitrogens with two attached hydrogens (primary N) is 1. The van der Waals surface area contributed by atoms with Crippen LogP contribution in [0.3, 0.4) is 0 Å². The van der Waals surface area contributed by atoms with Crippen molar-refractivity contribution in [2.75, 3.05) is 20.6 Å². The van der Waals surface area contributed by atoms with Crippen LogP contribution in [0.4, 0.5) is 4.39 Å². The van der Waals surface area contributed by atoms with E-state index in [1.54, 1.807) is 41.0 Å². The van der Waals surface area contributed by atoms with Crippen LogP contribution in [-0.2, 0) is 23.0 Å². The monoisotopic (exact) mass is 459 g/mol. The first-order chi connectivity index (χ1) is 15.1. The molecule has 3 aromatic rings. The summed E-state index contributed by atoms with van der Waals surface area (Å²) < 4.78 is 41.8. The third kappa shape index (κ3) is 4.59. The van der Waals surface area contributed by atoms with Gasteiger partial charge in [-0.25, -0.2) is 21.9 Å². The average molecular weight is 460 g/mol. The summed E-state index contributed by atoms with van der Waals surface area (Å²) in [5.41, 5.74) is 8.78. The molecule has 9 heteroatoms. The molecule has 0 unspecified atom stereocenters. The van der Waals surface area contributed by atoms with Crippen molar-refractivity contribution in [2.24, 2.45) is 5.73 Å². The average Bonchev–Trinajstić information content (AvgIpc) is 2.99. The topological polar surface area (TPSA) is 106 Å². The highest BCUT2D eigenvalue weighted by molar-refractivity contribution is 7.89. The fourth-order valence-corrected chi connectivity index (χ4v) is 4.55. The second-order valence-electron chi connectivity index (χ2n) is 7.68. The summed E-state index contributed by atoms with van der Waals surface area (Å²) in [5.74, 6) is -1.42. The number of rotatable bonds is 8. The normalized spacial score (nSPS) is 12.6. The Labute approximate surface area is 186 Å². The molecule has 170 valence electrons. The molecule has 3 rings (SSSR count). The maximum Gasteiger partial charge on any atom is 0.335 e. The molecular formula is C23H26FN3O4S. The largest absolute Gasteiger partial charge is 0.478 e. The van der Waals surface area contributed by atoms with E-state index < -0.39 is 16.0 Å². The minimum atomic E-state index is -3.53. The molecule has 0 saturated heterocycles. The third-order valence-corrected chi connectivity index (χ3v) is 7.26. The van der Waals surface area contributed by atoms with Gasteiger partial charge in [0.1, 0.15) is 5.83 Å². The lowest BCUT2D eigenvalue weighted by Crippen LogP contribution is -2.22. The van der Waals surface area contributed by atoms with Crippen LogP contribution >= 0.6 is 0 Å². The van der Waals surface area contributed by atoms with Crippen molar-refractivity contribution in [3.63, 3.8) is 0 Å².